The van der Waals surface area contributed by atoms with Gasteiger partial charge in [0.1, 0.15) is 5.75 Å². The Morgan fingerprint density at radius 2 is 1.33 bits per heavy atom. The molecule has 0 spiro atoms. The zero-order valence-corrected chi connectivity index (χ0v) is 12.6. The lowest BCUT2D eigenvalue weighted by atomic mass is 10.0. The van der Waals surface area contributed by atoms with Crippen LogP contribution in [0.25, 0.3) is 0 Å². The predicted molar refractivity (Wildman–Crippen MR) is 84.3 cm³/mol. The van der Waals surface area contributed by atoms with Gasteiger partial charge in [-0.3, -0.25) is 0 Å². The van der Waals surface area contributed by atoms with E-state index >= 15 is 0 Å². The zero-order valence-electron chi connectivity index (χ0n) is 12.6. The summed E-state index contributed by atoms with van der Waals surface area (Å²) in [7, 11) is 3.31. The molecular formula is C18H22O3. The van der Waals surface area contributed by atoms with Crippen LogP contribution in [0.1, 0.15) is 24.0 Å². The van der Waals surface area contributed by atoms with E-state index in [1.54, 1.807) is 26.4 Å². The molecule has 0 aliphatic rings. The van der Waals surface area contributed by atoms with E-state index < -0.39 is 0 Å². The van der Waals surface area contributed by atoms with Crippen molar-refractivity contribution in [3.05, 3.63) is 53.6 Å². The lowest BCUT2D eigenvalue weighted by molar-refractivity contribution is 0.354. The first-order valence-corrected chi connectivity index (χ1v) is 7.21. The van der Waals surface area contributed by atoms with E-state index in [1.807, 2.05) is 24.3 Å². The second-order valence-corrected chi connectivity index (χ2v) is 5.06. The monoisotopic (exact) mass is 286 g/mol. The number of aromatic hydroxyl groups is 1. The molecule has 0 unspecified atom stereocenters. The molecule has 0 radical (unpaired) electrons. The van der Waals surface area contributed by atoms with Crippen molar-refractivity contribution in [3.8, 4) is 17.2 Å². The highest BCUT2D eigenvalue weighted by atomic mass is 16.5. The summed E-state index contributed by atoms with van der Waals surface area (Å²) in [5.41, 5.74) is 2.53. The predicted octanol–water partition coefficient (Wildman–Crippen LogP) is 3.97. The van der Waals surface area contributed by atoms with Crippen LogP contribution in [0.5, 0.6) is 17.2 Å². The molecule has 1 N–H and O–H groups in total. The number of aryl methyl sites for hydroxylation is 2. The third-order valence-corrected chi connectivity index (χ3v) is 3.57. The fourth-order valence-electron chi connectivity index (χ4n) is 2.36. The Kier molecular flexibility index (Phi) is 5.50. The lowest BCUT2D eigenvalue weighted by Gasteiger charge is -2.09. The minimum Gasteiger partial charge on any atom is -0.508 e. The smallest absolute Gasteiger partial charge is 0.160 e. The van der Waals surface area contributed by atoms with Crippen molar-refractivity contribution >= 4 is 0 Å². The highest BCUT2D eigenvalue weighted by Gasteiger charge is 2.04. The van der Waals surface area contributed by atoms with Gasteiger partial charge in [0.05, 0.1) is 14.2 Å². The maximum Gasteiger partial charge on any atom is 0.160 e. The molecule has 112 valence electrons. The van der Waals surface area contributed by atoms with E-state index in [1.165, 1.54) is 11.1 Å². The van der Waals surface area contributed by atoms with Crippen molar-refractivity contribution in [1.82, 2.24) is 0 Å². The molecule has 0 aliphatic carbocycles. The Morgan fingerprint density at radius 1 is 0.762 bits per heavy atom. The summed E-state index contributed by atoms with van der Waals surface area (Å²) in [6, 6.07) is 13.5. The molecule has 0 bridgehead atoms. The standard InChI is InChI=1S/C18H22O3/c1-20-17-12-9-15(13-18(17)21-2)6-4-3-5-14-7-10-16(19)11-8-14/h7-13,19H,3-6H2,1-2H3. The maximum atomic E-state index is 9.25. The van der Waals surface area contributed by atoms with E-state index in [4.69, 9.17) is 9.47 Å². The second-order valence-electron chi connectivity index (χ2n) is 5.06. The number of hydrogen-bond acceptors (Lipinski definition) is 3. The van der Waals surface area contributed by atoms with Crippen LogP contribution in [0.2, 0.25) is 0 Å². The average molecular weight is 286 g/mol. The van der Waals surface area contributed by atoms with Crippen LogP contribution in [-0.4, -0.2) is 19.3 Å². The SMILES string of the molecule is COc1ccc(CCCCc2ccc(O)cc2)cc1OC. The van der Waals surface area contributed by atoms with Gasteiger partial charge in [-0.1, -0.05) is 18.2 Å². The van der Waals surface area contributed by atoms with E-state index in [-0.39, 0.29) is 0 Å². The van der Waals surface area contributed by atoms with E-state index in [0.717, 1.165) is 37.2 Å². The first-order valence-electron chi connectivity index (χ1n) is 7.21. The molecule has 3 nitrogen and oxygen atoms in total. The van der Waals surface area contributed by atoms with Crippen LogP contribution in [0, 0.1) is 0 Å². The van der Waals surface area contributed by atoms with Crippen molar-refractivity contribution in [2.24, 2.45) is 0 Å². The van der Waals surface area contributed by atoms with E-state index in [9.17, 15) is 5.11 Å². The van der Waals surface area contributed by atoms with Gasteiger partial charge in [-0.15, -0.1) is 0 Å². The Labute approximate surface area is 126 Å². The summed E-state index contributed by atoms with van der Waals surface area (Å²) in [5, 5.41) is 9.25. The van der Waals surface area contributed by atoms with Crippen LogP contribution in [0.15, 0.2) is 42.5 Å². The Hall–Kier alpha value is -2.16. The fourth-order valence-corrected chi connectivity index (χ4v) is 2.36. The average Bonchev–Trinajstić information content (AvgIpc) is 2.53. The van der Waals surface area contributed by atoms with Gasteiger partial charge in [0, 0.05) is 0 Å². The number of phenols is 1. The molecule has 3 heteroatoms. The second kappa shape index (κ2) is 7.58. The van der Waals surface area contributed by atoms with Crippen LogP contribution >= 0.6 is 0 Å². The number of hydrogen-bond donors (Lipinski definition) is 1. The number of phenolic OH excluding ortho intramolecular Hbond substituents is 1. The van der Waals surface area contributed by atoms with E-state index in [2.05, 4.69) is 6.07 Å². The molecule has 21 heavy (non-hydrogen) atoms. The van der Waals surface area contributed by atoms with Gasteiger partial charge in [0.25, 0.3) is 0 Å². The molecule has 0 atom stereocenters. The van der Waals surface area contributed by atoms with Gasteiger partial charge in [-0.05, 0) is 61.1 Å². The van der Waals surface area contributed by atoms with Gasteiger partial charge < -0.3 is 14.6 Å². The van der Waals surface area contributed by atoms with Crippen molar-refractivity contribution in [1.29, 1.82) is 0 Å². The summed E-state index contributed by atoms with van der Waals surface area (Å²) < 4.78 is 10.6. The van der Waals surface area contributed by atoms with Crippen LogP contribution in [0.4, 0.5) is 0 Å². The van der Waals surface area contributed by atoms with Gasteiger partial charge in [0.15, 0.2) is 11.5 Å². The summed E-state index contributed by atoms with van der Waals surface area (Å²) in [6.45, 7) is 0. The fraction of sp³-hybridized carbons (Fsp3) is 0.333. The van der Waals surface area contributed by atoms with Gasteiger partial charge in [0.2, 0.25) is 0 Å². The molecule has 0 aromatic heterocycles. The van der Waals surface area contributed by atoms with Gasteiger partial charge >= 0.3 is 0 Å². The first kappa shape index (κ1) is 15.2. The van der Waals surface area contributed by atoms with Gasteiger partial charge in [-0.25, -0.2) is 0 Å². The van der Waals surface area contributed by atoms with E-state index in [0.29, 0.717) is 5.75 Å². The molecule has 0 amide bonds. The van der Waals surface area contributed by atoms with Crippen molar-refractivity contribution in [3.63, 3.8) is 0 Å². The Bertz CT molecular complexity index is 561. The molecule has 0 saturated heterocycles. The Balaban J connectivity index is 1.82. The largest absolute Gasteiger partial charge is 0.508 e. The number of ether oxygens (including phenoxy) is 2. The normalized spacial score (nSPS) is 10.4. The number of benzene rings is 2. The Morgan fingerprint density at radius 3 is 1.95 bits per heavy atom. The highest BCUT2D eigenvalue weighted by molar-refractivity contribution is 5.42. The maximum absolute atomic E-state index is 9.25. The van der Waals surface area contributed by atoms with Crippen molar-refractivity contribution in [2.45, 2.75) is 25.7 Å². The minimum atomic E-state index is 0.323. The van der Waals surface area contributed by atoms with Crippen LogP contribution in [0.3, 0.4) is 0 Å². The summed E-state index contributed by atoms with van der Waals surface area (Å²) in [5.74, 6) is 1.88. The van der Waals surface area contributed by atoms with Crippen molar-refractivity contribution < 1.29 is 14.6 Å². The van der Waals surface area contributed by atoms with Crippen molar-refractivity contribution in [2.75, 3.05) is 14.2 Å². The molecule has 0 fully saturated rings. The molecule has 2 rings (SSSR count). The zero-order chi connectivity index (χ0) is 15.1. The summed E-state index contributed by atoms with van der Waals surface area (Å²) >= 11 is 0. The molecule has 0 heterocycles. The molecule has 0 saturated carbocycles. The molecule has 2 aromatic rings. The molecular weight excluding hydrogens is 264 g/mol. The lowest BCUT2D eigenvalue weighted by Crippen LogP contribution is -1.93. The topological polar surface area (TPSA) is 38.7 Å². The first-order chi connectivity index (χ1) is 10.2. The quantitative estimate of drug-likeness (QED) is 0.783. The van der Waals surface area contributed by atoms with Crippen LogP contribution in [-0.2, 0) is 12.8 Å². The molecule has 0 aliphatic heterocycles. The number of unbranched alkanes of at least 4 members (excludes halogenated alkanes) is 1. The summed E-state index contributed by atoms with van der Waals surface area (Å²) in [6.07, 6.45) is 4.31. The van der Waals surface area contributed by atoms with Crippen LogP contribution < -0.4 is 9.47 Å². The number of rotatable bonds is 7. The number of methoxy groups -OCH3 is 2. The molecule has 2 aromatic carbocycles. The third-order valence-electron chi connectivity index (χ3n) is 3.57. The highest BCUT2D eigenvalue weighted by Crippen LogP contribution is 2.28. The third kappa shape index (κ3) is 4.42. The minimum absolute atomic E-state index is 0.323. The summed E-state index contributed by atoms with van der Waals surface area (Å²) in [4.78, 5) is 0. The van der Waals surface area contributed by atoms with Gasteiger partial charge in [-0.2, -0.15) is 0 Å².